The van der Waals surface area contributed by atoms with Crippen molar-refractivity contribution in [1.82, 2.24) is 14.5 Å². The minimum absolute atomic E-state index is 0.0592. The van der Waals surface area contributed by atoms with Crippen molar-refractivity contribution in [3.63, 3.8) is 0 Å². The lowest BCUT2D eigenvalue weighted by atomic mass is 10.2. The molecule has 0 spiro atoms. The number of carbonyl (C=O) groups is 1. The summed E-state index contributed by atoms with van der Waals surface area (Å²) in [7, 11) is 0. The number of carbonyl (C=O) groups excluding carboxylic acids is 1. The summed E-state index contributed by atoms with van der Waals surface area (Å²) >= 11 is 0. The number of benzene rings is 1. The molecular formula is C20H21N3O3. The molecule has 1 saturated heterocycles. The number of aromatic nitrogens is 2. The van der Waals surface area contributed by atoms with E-state index in [1.165, 1.54) is 0 Å². The molecule has 1 aliphatic rings. The van der Waals surface area contributed by atoms with Crippen LogP contribution in [-0.4, -0.2) is 33.4 Å². The predicted molar refractivity (Wildman–Crippen MR) is 96.0 cm³/mol. The van der Waals surface area contributed by atoms with Crippen LogP contribution < -0.4 is 4.74 Å². The van der Waals surface area contributed by atoms with Gasteiger partial charge in [-0.25, -0.2) is 4.98 Å². The third kappa shape index (κ3) is 3.35. The van der Waals surface area contributed by atoms with Crippen LogP contribution in [0.5, 0.6) is 5.75 Å². The van der Waals surface area contributed by atoms with Gasteiger partial charge in [0.1, 0.15) is 18.1 Å². The second kappa shape index (κ2) is 7.07. The van der Waals surface area contributed by atoms with Gasteiger partial charge in [0.05, 0.1) is 12.4 Å². The summed E-state index contributed by atoms with van der Waals surface area (Å²) in [6, 6.07) is 11.7. The number of rotatable bonds is 5. The fraction of sp³-hybridized carbons (Fsp3) is 0.300. The van der Waals surface area contributed by atoms with E-state index >= 15 is 0 Å². The molecule has 0 radical (unpaired) electrons. The van der Waals surface area contributed by atoms with Crippen molar-refractivity contribution < 1.29 is 13.9 Å². The highest BCUT2D eigenvalue weighted by Crippen LogP contribution is 2.25. The van der Waals surface area contributed by atoms with E-state index in [4.69, 9.17) is 9.15 Å². The minimum atomic E-state index is -0.0592. The van der Waals surface area contributed by atoms with Gasteiger partial charge in [-0.1, -0.05) is 18.2 Å². The zero-order valence-corrected chi connectivity index (χ0v) is 14.7. The lowest BCUT2D eigenvalue weighted by Crippen LogP contribution is -2.29. The topological polar surface area (TPSA) is 60.5 Å². The maximum absolute atomic E-state index is 12.8. The van der Waals surface area contributed by atoms with Gasteiger partial charge in [-0.15, -0.1) is 0 Å². The first kappa shape index (κ1) is 16.4. The smallest absolute Gasteiger partial charge is 0.289 e. The van der Waals surface area contributed by atoms with Crippen LogP contribution in [0.2, 0.25) is 0 Å². The number of hydrogen-bond acceptors (Lipinski definition) is 4. The molecule has 1 amide bonds. The van der Waals surface area contributed by atoms with Crippen molar-refractivity contribution in [2.45, 2.75) is 26.0 Å². The van der Waals surface area contributed by atoms with E-state index in [2.05, 4.69) is 9.55 Å². The van der Waals surface area contributed by atoms with E-state index in [9.17, 15) is 4.79 Å². The number of amides is 1. The average molecular weight is 351 g/mol. The van der Waals surface area contributed by atoms with Crippen LogP contribution in [0.25, 0.3) is 0 Å². The molecule has 6 nitrogen and oxygen atoms in total. The third-order valence-corrected chi connectivity index (χ3v) is 4.68. The van der Waals surface area contributed by atoms with Gasteiger partial charge >= 0.3 is 0 Å². The van der Waals surface area contributed by atoms with Crippen molar-refractivity contribution in [2.75, 3.05) is 13.1 Å². The minimum Gasteiger partial charge on any atom is -0.486 e. The molecule has 3 aromatic rings. The Bertz CT molecular complexity index is 871. The fourth-order valence-corrected chi connectivity index (χ4v) is 3.30. The normalized spacial score (nSPS) is 16.8. The predicted octanol–water partition coefficient (Wildman–Crippen LogP) is 3.45. The number of imidazole rings is 1. The lowest BCUT2D eigenvalue weighted by Gasteiger charge is -2.16. The summed E-state index contributed by atoms with van der Waals surface area (Å²) in [5.41, 5.74) is 0.841. The van der Waals surface area contributed by atoms with Gasteiger partial charge < -0.3 is 18.6 Å². The van der Waals surface area contributed by atoms with Crippen LogP contribution in [0.1, 0.15) is 34.3 Å². The molecule has 134 valence electrons. The highest BCUT2D eigenvalue weighted by molar-refractivity contribution is 5.93. The molecule has 0 aliphatic carbocycles. The second-order valence-corrected chi connectivity index (χ2v) is 6.53. The monoisotopic (exact) mass is 351 g/mol. The van der Waals surface area contributed by atoms with Gasteiger partial charge in [-0.3, -0.25) is 4.79 Å². The molecule has 6 heteroatoms. The number of aryl methyl sites for hydroxylation is 1. The summed E-state index contributed by atoms with van der Waals surface area (Å²) in [4.78, 5) is 18.8. The molecule has 1 fully saturated rings. The molecule has 1 aliphatic heterocycles. The fourth-order valence-electron chi connectivity index (χ4n) is 3.30. The second-order valence-electron chi connectivity index (χ2n) is 6.53. The first-order valence-corrected chi connectivity index (χ1v) is 8.74. The molecule has 0 saturated carbocycles. The zero-order chi connectivity index (χ0) is 17.9. The quantitative estimate of drug-likeness (QED) is 0.706. The summed E-state index contributed by atoms with van der Waals surface area (Å²) in [5, 5.41) is 0. The molecule has 4 rings (SSSR count). The highest BCUT2D eigenvalue weighted by Gasteiger charge is 2.30. The van der Waals surface area contributed by atoms with Crippen molar-refractivity contribution in [1.29, 1.82) is 0 Å². The van der Waals surface area contributed by atoms with Crippen LogP contribution in [-0.2, 0) is 6.61 Å². The van der Waals surface area contributed by atoms with E-state index < -0.39 is 0 Å². The van der Waals surface area contributed by atoms with Gasteiger partial charge in [-0.2, -0.15) is 0 Å². The number of hydrogen-bond donors (Lipinski definition) is 0. The molecule has 2 aromatic heterocycles. The van der Waals surface area contributed by atoms with Gasteiger partial charge in [0.2, 0.25) is 0 Å². The van der Waals surface area contributed by atoms with Crippen LogP contribution in [0.4, 0.5) is 0 Å². The summed E-state index contributed by atoms with van der Waals surface area (Å²) in [6.45, 7) is 3.59. The Labute approximate surface area is 152 Å². The lowest BCUT2D eigenvalue weighted by molar-refractivity contribution is 0.0751. The Morgan fingerprint density at radius 3 is 2.96 bits per heavy atom. The Balaban J connectivity index is 1.41. The van der Waals surface area contributed by atoms with Gasteiger partial charge in [-0.05, 0) is 31.5 Å². The van der Waals surface area contributed by atoms with Gasteiger partial charge in [0.15, 0.2) is 5.76 Å². The molecule has 0 unspecified atom stereocenters. The third-order valence-electron chi connectivity index (χ3n) is 4.68. The van der Waals surface area contributed by atoms with E-state index in [1.807, 2.05) is 54.4 Å². The number of ether oxygens (including phenoxy) is 1. The molecular weight excluding hydrogens is 330 g/mol. The van der Waals surface area contributed by atoms with E-state index in [1.54, 1.807) is 12.5 Å². The van der Waals surface area contributed by atoms with Crippen LogP contribution in [0.3, 0.4) is 0 Å². The first-order chi connectivity index (χ1) is 12.7. The van der Waals surface area contributed by atoms with Gasteiger partial charge in [0.25, 0.3) is 5.91 Å². The maximum Gasteiger partial charge on any atom is 0.289 e. The Morgan fingerprint density at radius 2 is 2.19 bits per heavy atom. The van der Waals surface area contributed by atoms with Crippen LogP contribution in [0, 0.1) is 6.92 Å². The molecule has 0 bridgehead atoms. The van der Waals surface area contributed by atoms with Crippen LogP contribution >= 0.6 is 0 Å². The van der Waals surface area contributed by atoms with E-state index in [0.717, 1.165) is 24.3 Å². The Hall–Kier alpha value is -3.02. The summed E-state index contributed by atoms with van der Waals surface area (Å²) in [5.74, 6) is 1.77. The van der Waals surface area contributed by atoms with Crippen molar-refractivity contribution in [2.24, 2.45) is 0 Å². The SMILES string of the molecule is Cc1cc(COc2ccccc2)oc1C(=O)N1CC[C@H](n2ccnc2)C1. The number of likely N-dealkylation sites (tertiary alicyclic amines) is 1. The Morgan fingerprint density at radius 1 is 1.35 bits per heavy atom. The molecule has 26 heavy (non-hydrogen) atoms. The standard InChI is InChI=1S/C20H21N3O3/c1-15-11-18(13-25-17-5-3-2-4-6-17)26-19(15)20(24)22-9-7-16(12-22)23-10-8-21-14-23/h2-6,8,10-11,14,16H,7,9,12-13H2,1H3/t16-/m0/s1. The molecule has 3 heterocycles. The maximum atomic E-state index is 12.8. The van der Waals surface area contributed by atoms with Crippen LogP contribution in [0.15, 0.2) is 59.5 Å². The number of furan rings is 1. The van der Waals surface area contributed by atoms with Crippen molar-refractivity contribution >= 4 is 5.91 Å². The molecule has 1 aromatic carbocycles. The molecule has 1 atom stereocenters. The summed E-state index contributed by atoms with van der Waals surface area (Å²) < 4.78 is 13.6. The van der Waals surface area contributed by atoms with E-state index in [-0.39, 0.29) is 11.9 Å². The van der Waals surface area contributed by atoms with Gasteiger partial charge in [0, 0.05) is 31.0 Å². The molecule has 0 N–H and O–H groups in total. The number of para-hydroxylation sites is 1. The van der Waals surface area contributed by atoms with Crippen molar-refractivity contribution in [3.05, 3.63) is 72.2 Å². The highest BCUT2D eigenvalue weighted by atomic mass is 16.5. The largest absolute Gasteiger partial charge is 0.486 e. The zero-order valence-electron chi connectivity index (χ0n) is 14.7. The average Bonchev–Trinajstić information content (AvgIpc) is 3.40. The first-order valence-electron chi connectivity index (χ1n) is 8.74. The summed E-state index contributed by atoms with van der Waals surface area (Å²) in [6.07, 6.45) is 6.43. The van der Waals surface area contributed by atoms with Crippen molar-refractivity contribution in [3.8, 4) is 5.75 Å². The van der Waals surface area contributed by atoms with E-state index in [0.29, 0.717) is 24.7 Å². The Kier molecular flexibility index (Phi) is 4.48. The number of nitrogens with zero attached hydrogens (tertiary/aromatic N) is 3.